The van der Waals surface area contributed by atoms with Crippen molar-refractivity contribution in [3.8, 4) is 17.7 Å². The van der Waals surface area contributed by atoms with Crippen molar-refractivity contribution >= 4 is 29.1 Å². The van der Waals surface area contributed by atoms with Crippen LogP contribution in [0.1, 0.15) is 46.7 Å². The van der Waals surface area contributed by atoms with Gasteiger partial charge in [0.15, 0.2) is 5.69 Å². The van der Waals surface area contributed by atoms with Gasteiger partial charge >= 0.3 is 0 Å². The van der Waals surface area contributed by atoms with E-state index in [1.54, 1.807) is 40.1 Å². The first-order valence-electron chi connectivity index (χ1n) is 15.6. The fourth-order valence-electron chi connectivity index (χ4n) is 6.43. The Bertz CT molecular complexity index is 1900. The van der Waals surface area contributed by atoms with E-state index in [2.05, 4.69) is 9.97 Å². The number of aliphatic hydroxyl groups is 1. The van der Waals surface area contributed by atoms with Gasteiger partial charge in [-0.15, -0.1) is 0 Å². The Kier molecular flexibility index (Phi) is 9.43. The van der Waals surface area contributed by atoms with Gasteiger partial charge in [-0.05, 0) is 55.2 Å². The fourth-order valence-corrected chi connectivity index (χ4v) is 6.60. The Balaban J connectivity index is 1.11. The average Bonchev–Trinajstić information content (AvgIpc) is 3.11. The number of nitrogens with two attached hydrogens (primary N) is 1. The van der Waals surface area contributed by atoms with Crippen LogP contribution in [-0.4, -0.2) is 73.0 Å². The number of anilines is 1. The van der Waals surface area contributed by atoms with Crippen LogP contribution in [0, 0.1) is 17.2 Å². The van der Waals surface area contributed by atoms with Gasteiger partial charge in [0.1, 0.15) is 12.1 Å². The molecule has 0 aliphatic carbocycles. The highest BCUT2D eigenvalue weighted by molar-refractivity contribution is 6.30. The summed E-state index contributed by atoms with van der Waals surface area (Å²) in [6.07, 6.45) is 5.25. The zero-order valence-electron chi connectivity index (χ0n) is 26.0. The van der Waals surface area contributed by atoms with E-state index < -0.39 is 11.2 Å². The minimum absolute atomic E-state index is 0.0187. The molecule has 0 saturated carbocycles. The molecule has 13 heteroatoms. The number of nitrogens with zero attached hydrogens (tertiary/aromatic N) is 6. The molecule has 2 atom stereocenters. The lowest BCUT2D eigenvalue weighted by atomic mass is 9.79. The minimum atomic E-state index is -1.26. The minimum Gasteiger partial charge on any atom is -0.437 e. The van der Waals surface area contributed by atoms with Crippen molar-refractivity contribution in [2.45, 2.75) is 37.3 Å². The lowest BCUT2D eigenvalue weighted by molar-refractivity contribution is -0.142. The third-order valence-corrected chi connectivity index (χ3v) is 9.31. The van der Waals surface area contributed by atoms with E-state index in [9.17, 15) is 19.5 Å². The van der Waals surface area contributed by atoms with E-state index >= 15 is 0 Å². The number of halogens is 1. The number of amides is 2. The maximum absolute atomic E-state index is 14.0. The molecule has 2 fully saturated rings. The van der Waals surface area contributed by atoms with Gasteiger partial charge in [0.05, 0.1) is 34.4 Å². The lowest BCUT2D eigenvalue weighted by Crippen LogP contribution is -2.53. The SMILES string of the molecule is N#Cc1ccc(Oc2ncn(CC3(O)CCN(C(=O)[C@@H]4CCN(C(=O)c5cncc(Cl)c5)C[C@H]4c4ccccc4)CC3)c(=O)c2N)cc1. The second-order valence-electron chi connectivity index (χ2n) is 12.2. The van der Waals surface area contributed by atoms with E-state index in [0.717, 1.165) is 5.56 Å². The zero-order chi connectivity index (χ0) is 33.8. The Morgan fingerprint density at radius 2 is 1.79 bits per heavy atom. The van der Waals surface area contributed by atoms with E-state index in [1.165, 1.54) is 23.3 Å². The molecule has 0 spiro atoms. The number of carbonyl (C=O) groups excluding carboxylic acids is 2. The van der Waals surface area contributed by atoms with Crippen molar-refractivity contribution in [1.29, 1.82) is 5.26 Å². The van der Waals surface area contributed by atoms with Crippen LogP contribution in [0.4, 0.5) is 5.69 Å². The van der Waals surface area contributed by atoms with Crippen LogP contribution in [0.3, 0.4) is 0 Å². The highest BCUT2D eigenvalue weighted by atomic mass is 35.5. The molecule has 48 heavy (non-hydrogen) atoms. The van der Waals surface area contributed by atoms with Crippen molar-refractivity contribution < 1.29 is 19.4 Å². The highest BCUT2D eigenvalue weighted by Crippen LogP contribution is 2.36. The normalized spacial score (nSPS) is 18.9. The molecule has 2 saturated heterocycles. The summed E-state index contributed by atoms with van der Waals surface area (Å²) in [6.45, 7) is 1.34. The number of hydrogen-bond donors (Lipinski definition) is 2. The number of nitriles is 1. The summed E-state index contributed by atoms with van der Waals surface area (Å²) in [7, 11) is 0. The molecule has 2 aromatic heterocycles. The van der Waals surface area contributed by atoms with Crippen LogP contribution >= 0.6 is 11.6 Å². The molecule has 0 radical (unpaired) electrons. The van der Waals surface area contributed by atoms with Gasteiger partial charge in [0.25, 0.3) is 11.5 Å². The van der Waals surface area contributed by atoms with Crippen LogP contribution in [0.15, 0.2) is 84.2 Å². The molecule has 4 heterocycles. The molecule has 0 bridgehead atoms. The van der Waals surface area contributed by atoms with Crippen LogP contribution in [0.25, 0.3) is 0 Å². The molecule has 6 rings (SSSR count). The van der Waals surface area contributed by atoms with Crippen LogP contribution < -0.4 is 16.0 Å². The van der Waals surface area contributed by atoms with Gasteiger partial charge in [0, 0.05) is 50.4 Å². The molecule has 12 nitrogen and oxygen atoms in total. The summed E-state index contributed by atoms with van der Waals surface area (Å²) in [6, 6.07) is 19.6. The summed E-state index contributed by atoms with van der Waals surface area (Å²) < 4.78 is 6.91. The number of benzene rings is 2. The number of piperidine rings is 2. The first-order chi connectivity index (χ1) is 23.1. The molecule has 2 aromatic carbocycles. The smallest absolute Gasteiger partial charge is 0.280 e. The van der Waals surface area contributed by atoms with Crippen molar-refractivity contribution in [2.75, 3.05) is 31.9 Å². The largest absolute Gasteiger partial charge is 0.437 e. The van der Waals surface area contributed by atoms with E-state index in [1.807, 2.05) is 36.4 Å². The number of pyridine rings is 1. The monoisotopic (exact) mass is 667 g/mol. The third kappa shape index (κ3) is 7.02. The summed E-state index contributed by atoms with van der Waals surface area (Å²) in [5, 5.41) is 20.8. The van der Waals surface area contributed by atoms with Crippen molar-refractivity contribution in [3.05, 3.63) is 111 Å². The van der Waals surface area contributed by atoms with E-state index in [-0.39, 0.29) is 54.6 Å². The number of ether oxygens (including phenoxy) is 1. The quantitative estimate of drug-likeness (QED) is 0.298. The third-order valence-electron chi connectivity index (χ3n) is 9.10. The molecule has 3 N–H and O–H groups in total. The molecule has 246 valence electrons. The van der Waals surface area contributed by atoms with Crippen molar-refractivity contribution in [1.82, 2.24) is 24.3 Å². The average molecular weight is 668 g/mol. The fraction of sp³-hybridized carbons (Fsp3) is 0.314. The Hall–Kier alpha value is -5.25. The molecule has 2 amide bonds. The van der Waals surface area contributed by atoms with E-state index in [4.69, 9.17) is 27.3 Å². The molecular formula is C35H34ClN7O5. The number of nitrogen functional groups attached to an aromatic ring is 1. The van der Waals surface area contributed by atoms with Crippen LogP contribution in [0.2, 0.25) is 5.02 Å². The molecule has 2 aliphatic heterocycles. The second kappa shape index (κ2) is 13.9. The predicted molar refractivity (Wildman–Crippen MR) is 177 cm³/mol. The van der Waals surface area contributed by atoms with Gasteiger partial charge in [0.2, 0.25) is 11.8 Å². The number of carbonyl (C=O) groups is 2. The molecule has 0 unspecified atom stereocenters. The summed E-state index contributed by atoms with van der Waals surface area (Å²) in [5.74, 6) is -0.476. The van der Waals surface area contributed by atoms with Gasteiger partial charge in [-0.2, -0.15) is 5.26 Å². The van der Waals surface area contributed by atoms with Crippen molar-refractivity contribution in [3.63, 3.8) is 0 Å². The first kappa shape index (κ1) is 32.7. The van der Waals surface area contributed by atoms with Crippen molar-refractivity contribution in [2.24, 2.45) is 5.92 Å². The molecule has 2 aliphatic rings. The summed E-state index contributed by atoms with van der Waals surface area (Å²) in [4.78, 5) is 52.2. The Morgan fingerprint density at radius 1 is 1.06 bits per heavy atom. The molecule has 4 aromatic rings. The van der Waals surface area contributed by atoms with Crippen LogP contribution in [0.5, 0.6) is 11.6 Å². The lowest BCUT2D eigenvalue weighted by Gasteiger charge is -2.43. The number of hydrogen-bond acceptors (Lipinski definition) is 9. The van der Waals surface area contributed by atoms with Gasteiger partial charge in [-0.25, -0.2) is 4.98 Å². The number of aromatic nitrogens is 3. The molecular weight excluding hydrogens is 634 g/mol. The van der Waals surface area contributed by atoms with Gasteiger partial charge in [-0.3, -0.25) is 23.9 Å². The summed E-state index contributed by atoms with van der Waals surface area (Å²) >= 11 is 6.09. The number of likely N-dealkylation sites (tertiary alicyclic amines) is 2. The van der Waals surface area contributed by atoms with E-state index in [0.29, 0.717) is 54.5 Å². The Labute approximate surface area is 282 Å². The van der Waals surface area contributed by atoms with Crippen LogP contribution in [-0.2, 0) is 11.3 Å². The zero-order valence-corrected chi connectivity index (χ0v) is 26.8. The Morgan fingerprint density at radius 3 is 2.48 bits per heavy atom. The van der Waals surface area contributed by atoms with Gasteiger partial charge < -0.3 is 25.4 Å². The number of rotatable bonds is 7. The van der Waals surface area contributed by atoms with Gasteiger partial charge in [-0.1, -0.05) is 41.9 Å². The topological polar surface area (TPSA) is 168 Å². The maximum atomic E-state index is 14.0. The maximum Gasteiger partial charge on any atom is 0.280 e. The second-order valence-corrected chi connectivity index (χ2v) is 12.7. The standard InChI is InChI=1S/C35H34ClN7O5/c36-26-16-25(18-39-19-26)32(44)42-13-10-28(29(20-42)24-4-2-1-3-5-24)33(45)41-14-11-35(47,12-15-41)21-43-22-40-31(30(38)34(43)46)48-27-8-6-23(17-37)7-9-27/h1-9,16,18-19,22,28-29,47H,10-15,20-21,38H2/t28-,29+/m1/s1. The first-order valence-corrected chi connectivity index (χ1v) is 16.0. The summed E-state index contributed by atoms with van der Waals surface area (Å²) in [5.41, 5.74) is 5.88. The highest BCUT2D eigenvalue weighted by Gasteiger charge is 2.41. The predicted octanol–water partition coefficient (Wildman–Crippen LogP) is 3.84.